The van der Waals surface area contributed by atoms with Crippen LogP contribution >= 0.6 is 23.2 Å². The Labute approximate surface area is 200 Å². The van der Waals surface area contributed by atoms with Gasteiger partial charge in [-0.2, -0.15) is 18.3 Å². The number of ether oxygens (including phenoxy) is 1. The zero-order valence-electron chi connectivity index (χ0n) is 17.1. The van der Waals surface area contributed by atoms with Gasteiger partial charge in [-0.05, 0) is 42.0 Å². The Balaban J connectivity index is 1.34. The summed E-state index contributed by atoms with van der Waals surface area (Å²) < 4.78 is 46.5. The van der Waals surface area contributed by atoms with Crippen molar-refractivity contribution in [1.82, 2.24) is 24.5 Å². The Morgan fingerprint density at radius 2 is 1.88 bits per heavy atom. The Kier molecular flexibility index (Phi) is 6.75. The number of rotatable bonds is 7. The minimum atomic E-state index is -4.47. The molecule has 0 bridgehead atoms. The number of hydrogen-bond acceptors (Lipinski definition) is 5. The molecule has 0 aliphatic carbocycles. The van der Waals surface area contributed by atoms with Crippen LogP contribution in [0.2, 0.25) is 10.0 Å². The average Bonchev–Trinajstić information content (AvgIpc) is 3.43. The molecule has 1 N–H and O–H groups in total. The molecule has 0 radical (unpaired) electrons. The van der Waals surface area contributed by atoms with Crippen LogP contribution in [0.3, 0.4) is 0 Å². The Hall–Kier alpha value is -3.57. The lowest BCUT2D eigenvalue weighted by Gasteiger charge is -2.10. The first kappa shape index (κ1) is 23.6. The molecule has 8 nitrogen and oxygen atoms in total. The van der Waals surface area contributed by atoms with E-state index >= 15 is 0 Å². The van der Waals surface area contributed by atoms with Gasteiger partial charge < -0.3 is 4.74 Å². The van der Waals surface area contributed by atoms with E-state index in [-0.39, 0.29) is 24.1 Å². The van der Waals surface area contributed by atoms with Crippen LogP contribution in [0.15, 0.2) is 61.1 Å². The minimum absolute atomic E-state index is 0.0202. The van der Waals surface area contributed by atoms with Gasteiger partial charge in [0.05, 0.1) is 12.1 Å². The van der Waals surface area contributed by atoms with Gasteiger partial charge in [-0.1, -0.05) is 35.3 Å². The highest BCUT2D eigenvalue weighted by Crippen LogP contribution is 2.31. The number of halogens is 5. The lowest BCUT2D eigenvalue weighted by molar-refractivity contribution is -0.137. The molecule has 0 atom stereocenters. The fraction of sp³-hybridized carbons (Fsp3) is 0.143. The first-order valence-electron chi connectivity index (χ1n) is 9.65. The maximum Gasteiger partial charge on any atom is 0.416 e. The fourth-order valence-electron chi connectivity index (χ4n) is 2.88. The van der Waals surface area contributed by atoms with E-state index < -0.39 is 17.6 Å². The molecular formula is C21H15Cl2F3N6O2. The summed E-state index contributed by atoms with van der Waals surface area (Å²) in [5, 5.41) is 11.7. The highest BCUT2D eigenvalue weighted by molar-refractivity contribution is 6.35. The molecule has 4 aromatic rings. The molecule has 4 rings (SSSR count). The molecule has 0 spiro atoms. The second kappa shape index (κ2) is 9.74. The molecule has 0 fully saturated rings. The largest absolute Gasteiger partial charge is 0.471 e. The van der Waals surface area contributed by atoms with E-state index in [1.807, 2.05) is 0 Å². The van der Waals surface area contributed by atoms with Crippen LogP contribution in [0, 0.1) is 0 Å². The van der Waals surface area contributed by atoms with Gasteiger partial charge in [-0.25, -0.2) is 14.3 Å². The number of hydrogen-bond donors (Lipinski definition) is 1. The van der Waals surface area contributed by atoms with Crippen molar-refractivity contribution in [1.29, 1.82) is 0 Å². The maximum absolute atomic E-state index is 12.8. The van der Waals surface area contributed by atoms with Crippen LogP contribution in [0.1, 0.15) is 21.6 Å². The number of benzene rings is 2. The average molecular weight is 511 g/mol. The zero-order chi connectivity index (χ0) is 24.3. The molecule has 34 heavy (non-hydrogen) atoms. The Morgan fingerprint density at radius 1 is 1.06 bits per heavy atom. The lowest BCUT2D eigenvalue weighted by Crippen LogP contribution is -2.15. The van der Waals surface area contributed by atoms with Crippen LogP contribution in [0.25, 0.3) is 0 Å². The number of amides is 1. The second-order valence-corrected chi connectivity index (χ2v) is 7.84. The summed E-state index contributed by atoms with van der Waals surface area (Å²) in [6.07, 6.45) is -1.59. The molecule has 0 unspecified atom stereocenters. The summed E-state index contributed by atoms with van der Waals surface area (Å²) in [6, 6.07) is 11.0. The number of alkyl halides is 3. The molecule has 2 heterocycles. The van der Waals surface area contributed by atoms with Gasteiger partial charge in [0.15, 0.2) is 12.4 Å². The van der Waals surface area contributed by atoms with E-state index in [0.717, 1.165) is 17.7 Å². The highest BCUT2D eigenvalue weighted by Gasteiger charge is 2.30. The van der Waals surface area contributed by atoms with E-state index in [4.69, 9.17) is 27.9 Å². The van der Waals surface area contributed by atoms with Gasteiger partial charge in [-0.3, -0.25) is 10.1 Å². The summed E-state index contributed by atoms with van der Waals surface area (Å²) in [7, 11) is 0. The van der Waals surface area contributed by atoms with Crippen molar-refractivity contribution in [3.05, 3.63) is 87.9 Å². The predicted octanol–water partition coefficient (Wildman–Crippen LogP) is 5.14. The van der Waals surface area contributed by atoms with Crippen LogP contribution in [0.5, 0.6) is 5.75 Å². The third-order valence-electron chi connectivity index (χ3n) is 4.51. The predicted molar refractivity (Wildman–Crippen MR) is 118 cm³/mol. The maximum atomic E-state index is 12.8. The molecule has 0 aliphatic rings. The first-order chi connectivity index (χ1) is 16.2. The van der Waals surface area contributed by atoms with Gasteiger partial charge in [0, 0.05) is 16.2 Å². The number of nitrogens with zero attached hydrogens (tertiary/aromatic N) is 5. The third kappa shape index (κ3) is 5.86. The first-order valence-corrected chi connectivity index (χ1v) is 10.4. The third-order valence-corrected chi connectivity index (χ3v) is 5.09. The topological polar surface area (TPSA) is 86.9 Å². The quantitative estimate of drug-likeness (QED) is 0.372. The molecule has 2 aromatic carbocycles. The zero-order valence-corrected chi connectivity index (χ0v) is 18.6. The summed E-state index contributed by atoms with van der Waals surface area (Å²) in [4.78, 5) is 16.5. The normalized spacial score (nSPS) is 11.4. The van der Waals surface area contributed by atoms with E-state index in [1.54, 1.807) is 18.2 Å². The minimum Gasteiger partial charge on any atom is -0.471 e. The lowest BCUT2D eigenvalue weighted by atomic mass is 10.2. The van der Waals surface area contributed by atoms with Gasteiger partial charge in [0.25, 0.3) is 5.91 Å². The second-order valence-electron chi connectivity index (χ2n) is 7.00. The molecule has 1 amide bonds. The van der Waals surface area contributed by atoms with E-state index in [0.29, 0.717) is 16.6 Å². The Bertz CT molecular complexity index is 1320. The van der Waals surface area contributed by atoms with Crippen molar-refractivity contribution in [2.75, 3.05) is 5.32 Å². The van der Waals surface area contributed by atoms with Gasteiger partial charge in [0.2, 0.25) is 5.95 Å². The number of aromatic nitrogens is 5. The Morgan fingerprint density at radius 3 is 2.65 bits per heavy atom. The van der Waals surface area contributed by atoms with E-state index in [2.05, 4.69) is 20.5 Å². The molecule has 2 aromatic heterocycles. The van der Waals surface area contributed by atoms with Crippen LogP contribution in [0.4, 0.5) is 19.1 Å². The van der Waals surface area contributed by atoms with Crippen LogP contribution < -0.4 is 10.1 Å². The van der Waals surface area contributed by atoms with Crippen molar-refractivity contribution in [2.45, 2.75) is 19.5 Å². The monoisotopic (exact) mass is 510 g/mol. The number of carbonyl (C=O) groups is 1. The van der Waals surface area contributed by atoms with E-state index in [1.165, 1.54) is 40.1 Å². The van der Waals surface area contributed by atoms with Gasteiger partial charge >= 0.3 is 6.18 Å². The summed E-state index contributed by atoms with van der Waals surface area (Å²) >= 11 is 12.1. The molecule has 0 saturated heterocycles. The molecule has 0 aliphatic heterocycles. The number of nitrogens with one attached hydrogen (secondary N) is 1. The highest BCUT2D eigenvalue weighted by atomic mass is 35.5. The molecule has 176 valence electrons. The molecule has 13 heteroatoms. The smallest absolute Gasteiger partial charge is 0.416 e. The van der Waals surface area contributed by atoms with Gasteiger partial charge in [0.1, 0.15) is 12.1 Å². The van der Waals surface area contributed by atoms with Crippen molar-refractivity contribution in [2.24, 2.45) is 0 Å². The summed E-state index contributed by atoms with van der Waals surface area (Å²) in [5.74, 6) is -0.489. The fourth-order valence-corrected chi connectivity index (χ4v) is 3.34. The molecular weight excluding hydrogens is 496 g/mol. The van der Waals surface area contributed by atoms with Crippen LogP contribution in [-0.4, -0.2) is 30.5 Å². The van der Waals surface area contributed by atoms with Crippen molar-refractivity contribution in [3.63, 3.8) is 0 Å². The summed E-state index contributed by atoms with van der Waals surface area (Å²) in [5.41, 5.74) is -0.00565. The SMILES string of the molecule is O=C(Nc1ncn(Cc2ccc(Cl)cc2Cl)n1)c1ccn(COc2cccc(C(F)(F)F)c2)n1. The standard InChI is InChI=1S/C21H15Cl2F3N6O2/c22-15-5-4-13(17(23)9-15)10-32-11-27-20(30-32)28-19(33)18-6-7-31(29-18)12-34-16-3-1-2-14(8-16)21(24,25)26/h1-9,11H,10,12H2,(H,28,30,33). The number of anilines is 1. The van der Waals surface area contributed by atoms with Gasteiger partial charge in [-0.15, -0.1) is 5.10 Å². The molecule has 0 saturated carbocycles. The summed E-state index contributed by atoms with van der Waals surface area (Å²) in [6.45, 7) is 0.129. The van der Waals surface area contributed by atoms with Crippen molar-refractivity contribution in [3.8, 4) is 5.75 Å². The van der Waals surface area contributed by atoms with E-state index in [9.17, 15) is 18.0 Å². The van der Waals surface area contributed by atoms with Crippen LogP contribution in [-0.2, 0) is 19.5 Å². The number of carbonyl (C=O) groups excluding carboxylic acids is 1. The van der Waals surface area contributed by atoms with Crippen molar-refractivity contribution < 1.29 is 22.7 Å². The van der Waals surface area contributed by atoms with Crippen molar-refractivity contribution >= 4 is 35.1 Å².